The van der Waals surface area contributed by atoms with Crippen molar-refractivity contribution < 1.29 is 4.79 Å². The van der Waals surface area contributed by atoms with Crippen LogP contribution in [-0.4, -0.2) is 42.9 Å². The molecular weight excluding hydrogens is 478 g/mol. The van der Waals surface area contributed by atoms with Gasteiger partial charge in [-0.2, -0.15) is 0 Å². The Balaban J connectivity index is 1.55. The topological polar surface area (TPSA) is 143 Å². The number of aromatic nitrogens is 5. The molecule has 0 aliphatic rings. The van der Waals surface area contributed by atoms with Crippen molar-refractivity contribution in [3.05, 3.63) is 86.6 Å². The number of benzene rings is 2. The summed E-state index contributed by atoms with van der Waals surface area (Å²) in [5.74, 6) is 0.190. The van der Waals surface area contributed by atoms with Crippen LogP contribution in [0.2, 0.25) is 0 Å². The lowest BCUT2D eigenvalue weighted by Crippen LogP contribution is -2.42. The Morgan fingerprint density at radius 3 is 2.53 bits per heavy atom. The molecule has 0 bridgehead atoms. The van der Waals surface area contributed by atoms with Crippen molar-refractivity contribution in [1.29, 1.82) is 0 Å². The minimum absolute atomic E-state index is 0.0120. The summed E-state index contributed by atoms with van der Waals surface area (Å²) >= 11 is 1.15. The Morgan fingerprint density at radius 1 is 1.11 bits per heavy atom. The van der Waals surface area contributed by atoms with Gasteiger partial charge in [0.1, 0.15) is 5.82 Å². The first-order valence-electron chi connectivity index (χ1n) is 11.5. The number of nitrogen functional groups attached to an aromatic ring is 1. The van der Waals surface area contributed by atoms with Crippen molar-refractivity contribution in [3.8, 4) is 11.4 Å². The van der Waals surface area contributed by atoms with Crippen LogP contribution in [0.25, 0.3) is 11.4 Å². The zero-order chi connectivity index (χ0) is 25.7. The highest BCUT2D eigenvalue weighted by Crippen LogP contribution is 2.23. The Kier molecular flexibility index (Phi) is 7.69. The van der Waals surface area contributed by atoms with Crippen molar-refractivity contribution in [3.63, 3.8) is 0 Å². The van der Waals surface area contributed by atoms with Gasteiger partial charge in [0, 0.05) is 12.1 Å². The molecule has 1 amide bonds. The summed E-state index contributed by atoms with van der Waals surface area (Å²) < 4.78 is 1.26. The molecule has 0 saturated carbocycles. The molecule has 0 saturated heterocycles. The van der Waals surface area contributed by atoms with Gasteiger partial charge in [0.2, 0.25) is 11.1 Å². The molecule has 0 spiro atoms. The predicted octanol–water partition coefficient (Wildman–Crippen LogP) is 2.80. The van der Waals surface area contributed by atoms with Crippen LogP contribution in [-0.2, 0) is 11.3 Å². The number of H-pyrrole nitrogens is 2. The Hall–Kier alpha value is -4.12. The van der Waals surface area contributed by atoms with E-state index in [1.165, 1.54) is 9.47 Å². The van der Waals surface area contributed by atoms with E-state index in [-0.39, 0.29) is 36.3 Å². The summed E-state index contributed by atoms with van der Waals surface area (Å²) in [6.07, 6.45) is 0.589. The van der Waals surface area contributed by atoms with E-state index >= 15 is 0 Å². The number of carbonyl (C=O) groups excluding carboxylic acids is 1. The van der Waals surface area contributed by atoms with E-state index in [9.17, 15) is 14.4 Å². The van der Waals surface area contributed by atoms with Crippen LogP contribution in [0, 0.1) is 6.92 Å². The van der Waals surface area contributed by atoms with Crippen LogP contribution in [0.15, 0.2) is 69.3 Å². The maximum absolute atomic E-state index is 13.2. The van der Waals surface area contributed by atoms with Gasteiger partial charge in [-0.25, -0.2) is 9.78 Å². The smallest absolute Gasteiger partial charge is 0.330 e. The first-order valence-corrected chi connectivity index (χ1v) is 12.4. The molecule has 11 heteroatoms. The number of aryl methyl sites for hydroxylation is 1. The summed E-state index contributed by atoms with van der Waals surface area (Å²) in [6.45, 7) is 4.32. The molecule has 4 N–H and O–H groups in total. The maximum Gasteiger partial charge on any atom is 0.330 e. The summed E-state index contributed by atoms with van der Waals surface area (Å²) in [4.78, 5) is 46.6. The van der Waals surface area contributed by atoms with Gasteiger partial charge in [-0.3, -0.25) is 24.2 Å². The first-order chi connectivity index (χ1) is 17.4. The fourth-order valence-electron chi connectivity index (χ4n) is 3.70. The van der Waals surface area contributed by atoms with Gasteiger partial charge in [-0.1, -0.05) is 78.8 Å². The molecule has 0 aliphatic carbocycles. The summed E-state index contributed by atoms with van der Waals surface area (Å²) in [5, 5.41) is 7.49. The lowest BCUT2D eigenvalue weighted by Gasteiger charge is -2.24. The van der Waals surface area contributed by atoms with Gasteiger partial charge < -0.3 is 10.6 Å². The number of hydrogen-bond acceptors (Lipinski definition) is 7. The molecule has 2 aromatic heterocycles. The van der Waals surface area contributed by atoms with Crippen LogP contribution in [0.3, 0.4) is 0 Å². The number of aromatic amines is 2. The molecule has 0 aliphatic heterocycles. The van der Waals surface area contributed by atoms with E-state index in [0.717, 1.165) is 28.5 Å². The van der Waals surface area contributed by atoms with Crippen molar-refractivity contribution in [1.82, 2.24) is 24.7 Å². The van der Waals surface area contributed by atoms with E-state index in [1.807, 2.05) is 68.4 Å². The number of rotatable bonds is 9. The highest BCUT2D eigenvalue weighted by Gasteiger charge is 2.24. The quantitative estimate of drug-likeness (QED) is 0.297. The second kappa shape index (κ2) is 11.1. The lowest BCUT2D eigenvalue weighted by atomic mass is 10.1. The average Bonchev–Trinajstić information content (AvgIpc) is 3.34. The zero-order valence-corrected chi connectivity index (χ0v) is 20.8. The van der Waals surface area contributed by atoms with E-state index in [4.69, 9.17) is 5.73 Å². The van der Waals surface area contributed by atoms with Crippen LogP contribution >= 0.6 is 11.8 Å². The molecule has 4 aromatic rings. The summed E-state index contributed by atoms with van der Waals surface area (Å²) in [7, 11) is 0. The largest absolute Gasteiger partial charge is 0.383 e. The van der Waals surface area contributed by atoms with E-state index in [2.05, 4.69) is 20.2 Å². The molecule has 4 rings (SSSR count). The number of nitrogens with two attached hydrogens (primary N) is 1. The number of thioether (sulfide) groups is 1. The van der Waals surface area contributed by atoms with E-state index in [0.29, 0.717) is 17.4 Å². The standard InChI is InChI=1S/C25H27N7O3S/c1-3-13-31(19(33)15-36-24-27-22(29-30-24)18-11-9-16(2)10-12-18)20-21(26)32(25(35)28-23(20)34)14-17-7-5-4-6-8-17/h4-12H,3,13-15,26H2,1-2H3,(H,27,29,30)(H,28,34,35). The number of nitrogens with one attached hydrogen (secondary N) is 2. The van der Waals surface area contributed by atoms with Crippen LogP contribution in [0.4, 0.5) is 11.5 Å². The molecule has 186 valence electrons. The molecule has 2 aromatic carbocycles. The third-order valence-electron chi connectivity index (χ3n) is 5.53. The number of nitrogens with zero attached hydrogens (tertiary/aromatic N) is 4. The molecule has 0 unspecified atom stereocenters. The molecule has 2 heterocycles. The van der Waals surface area contributed by atoms with Gasteiger partial charge in [0.05, 0.1) is 12.3 Å². The normalized spacial score (nSPS) is 10.9. The van der Waals surface area contributed by atoms with Crippen molar-refractivity contribution >= 4 is 29.2 Å². The fraction of sp³-hybridized carbons (Fsp3) is 0.240. The second-order valence-corrected chi connectivity index (χ2v) is 9.17. The Labute approximate surface area is 211 Å². The monoisotopic (exact) mass is 505 g/mol. The number of carbonyl (C=O) groups is 1. The maximum atomic E-state index is 13.2. The van der Waals surface area contributed by atoms with Crippen LogP contribution in [0.5, 0.6) is 0 Å². The average molecular weight is 506 g/mol. The fourth-order valence-corrected chi connectivity index (χ4v) is 4.38. The molecule has 0 radical (unpaired) electrons. The van der Waals surface area contributed by atoms with Gasteiger partial charge in [-0.05, 0) is 18.9 Å². The van der Waals surface area contributed by atoms with Crippen LogP contribution in [0.1, 0.15) is 24.5 Å². The minimum atomic E-state index is -0.701. The van der Waals surface area contributed by atoms with Gasteiger partial charge in [-0.15, -0.1) is 5.10 Å². The number of amides is 1. The van der Waals surface area contributed by atoms with Crippen molar-refractivity contribution in [2.75, 3.05) is 22.9 Å². The van der Waals surface area contributed by atoms with E-state index in [1.54, 1.807) is 0 Å². The third kappa shape index (κ3) is 5.57. The van der Waals surface area contributed by atoms with Gasteiger partial charge in [0.25, 0.3) is 5.56 Å². The lowest BCUT2D eigenvalue weighted by molar-refractivity contribution is -0.116. The van der Waals surface area contributed by atoms with E-state index < -0.39 is 11.2 Å². The number of hydrogen-bond donors (Lipinski definition) is 3. The first kappa shape index (κ1) is 25.0. The molecule has 0 atom stereocenters. The minimum Gasteiger partial charge on any atom is -0.383 e. The Morgan fingerprint density at radius 2 is 1.83 bits per heavy atom. The van der Waals surface area contributed by atoms with Crippen molar-refractivity contribution in [2.24, 2.45) is 0 Å². The molecular formula is C25H27N7O3S. The number of anilines is 2. The summed E-state index contributed by atoms with van der Waals surface area (Å²) in [6, 6.07) is 17.1. The predicted molar refractivity (Wildman–Crippen MR) is 141 cm³/mol. The van der Waals surface area contributed by atoms with Crippen molar-refractivity contribution in [2.45, 2.75) is 32.0 Å². The molecule has 10 nitrogen and oxygen atoms in total. The second-order valence-electron chi connectivity index (χ2n) is 8.23. The van der Waals surface area contributed by atoms with Gasteiger partial charge in [0.15, 0.2) is 11.5 Å². The Bertz CT molecular complexity index is 1460. The molecule has 36 heavy (non-hydrogen) atoms. The van der Waals surface area contributed by atoms with Crippen LogP contribution < -0.4 is 21.9 Å². The SMILES string of the molecule is CCCN(C(=O)CSc1n[nH]c(-c2ccc(C)cc2)n1)c1c(N)n(Cc2ccccc2)c(=O)[nH]c1=O. The third-order valence-corrected chi connectivity index (χ3v) is 6.36. The highest BCUT2D eigenvalue weighted by molar-refractivity contribution is 7.99. The highest BCUT2D eigenvalue weighted by atomic mass is 32.2. The zero-order valence-electron chi connectivity index (χ0n) is 20.0. The van der Waals surface area contributed by atoms with Gasteiger partial charge >= 0.3 is 5.69 Å². The molecule has 0 fully saturated rings. The summed E-state index contributed by atoms with van der Waals surface area (Å²) in [5.41, 5.74) is 7.79.